The molecule has 8 heteroatoms. The predicted molar refractivity (Wildman–Crippen MR) is 77.0 cm³/mol. The van der Waals surface area contributed by atoms with Gasteiger partial charge >= 0.3 is 5.97 Å². The van der Waals surface area contributed by atoms with Crippen LogP contribution in [-0.4, -0.2) is 26.9 Å². The molecule has 0 spiro atoms. The number of benzene rings is 1. The van der Waals surface area contributed by atoms with Crippen molar-refractivity contribution in [3.05, 3.63) is 63.3 Å². The molecular formula is C14H11N3O5. The minimum absolute atomic E-state index is 0.238. The fourth-order valence-electron chi connectivity index (χ4n) is 1.80. The number of aromatic carboxylic acids is 1. The summed E-state index contributed by atoms with van der Waals surface area (Å²) in [5.74, 6) is -1.79. The highest BCUT2D eigenvalue weighted by atomic mass is 16.6. The number of rotatable bonds is 4. The molecule has 0 fully saturated rings. The van der Waals surface area contributed by atoms with Crippen molar-refractivity contribution < 1.29 is 19.6 Å². The quantitative estimate of drug-likeness (QED) is 0.659. The number of aryl methyl sites for hydroxylation is 1. The highest BCUT2D eigenvalue weighted by Gasteiger charge is 2.22. The topological polar surface area (TPSA) is 122 Å². The zero-order valence-electron chi connectivity index (χ0n) is 11.4. The first-order chi connectivity index (χ1) is 10.4. The first-order valence-corrected chi connectivity index (χ1v) is 6.15. The zero-order chi connectivity index (χ0) is 16.3. The Hall–Kier alpha value is -3.29. The number of carboxylic acids is 1. The molecule has 8 nitrogen and oxygen atoms in total. The standard InChI is InChI=1S/C14H11N3O5/c1-8-3-2-4-12(15-8)16-13(18)10-6-5-9(14(19)20)7-11(10)17(21)22/h2-7H,1H3,(H,19,20)(H,15,16,18). The van der Waals surface area contributed by atoms with Crippen LogP contribution >= 0.6 is 0 Å². The number of hydrogen-bond donors (Lipinski definition) is 2. The largest absolute Gasteiger partial charge is 0.478 e. The van der Waals surface area contributed by atoms with Gasteiger partial charge in [0, 0.05) is 11.8 Å². The fraction of sp³-hybridized carbons (Fsp3) is 0.0714. The second-order valence-electron chi connectivity index (χ2n) is 4.41. The number of pyridine rings is 1. The zero-order valence-corrected chi connectivity index (χ0v) is 11.4. The average Bonchev–Trinajstić information content (AvgIpc) is 2.46. The minimum atomic E-state index is -1.31. The van der Waals surface area contributed by atoms with Crippen LogP contribution in [0.3, 0.4) is 0 Å². The lowest BCUT2D eigenvalue weighted by molar-refractivity contribution is -0.385. The molecule has 2 N–H and O–H groups in total. The molecule has 0 atom stereocenters. The van der Waals surface area contributed by atoms with Gasteiger partial charge in [-0.2, -0.15) is 0 Å². The van der Waals surface area contributed by atoms with Gasteiger partial charge in [0.2, 0.25) is 0 Å². The van der Waals surface area contributed by atoms with Gasteiger partial charge < -0.3 is 10.4 Å². The molecule has 1 aromatic heterocycles. The van der Waals surface area contributed by atoms with E-state index < -0.39 is 22.5 Å². The van der Waals surface area contributed by atoms with Crippen molar-refractivity contribution in [2.24, 2.45) is 0 Å². The molecule has 22 heavy (non-hydrogen) atoms. The Morgan fingerprint density at radius 1 is 1.27 bits per heavy atom. The van der Waals surface area contributed by atoms with Crippen LogP contribution in [0.4, 0.5) is 11.5 Å². The van der Waals surface area contributed by atoms with Crippen LogP contribution in [0.1, 0.15) is 26.4 Å². The number of nitro benzene ring substituents is 1. The van der Waals surface area contributed by atoms with Gasteiger partial charge in [0.15, 0.2) is 0 Å². The molecule has 1 heterocycles. The van der Waals surface area contributed by atoms with Crippen molar-refractivity contribution in [2.45, 2.75) is 6.92 Å². The summed E-state index contributed by atoms with van der Waals surface area (Å²) in [4.78, 5) is 37.3. The summed E-state index contributed by atoms with van der Waals surface area (Å²) >= 11 is 0. The van der Waals surface area contributed by atoms with Crippen molar-refractivity contribution in [2.75, 3.05) is 5.32 Å². The third kappa shape index (κ3) is 3.23. The van der Waals surface area contributed by atoms with Gasteiger partial charge in [0.1, 0.15) is 11.4 Å². The Morgan fingerprint density at radius 2 is 2.00 bits per heavy atom. The van der Waals surface area contributed by atoms with Gasteiger partial charge in [-0.15, -0.1) is 0 Å². The maximum absolute atomic E-state index is 12.1. The molecule has 1 amide bonds. The number of carbonyl (C=O) groups excluding carboxylic acids is 1. The maximum atomic E-state index is 12.1. The maximum Gasteiger partial charge on any atom is 0.335 e. The van der Waals surface area contributed by atoms with Gasteiger partial charge in [0.05, 0.1) is 10.5 Å². The first-order valence-electron chi connectivity index (χ1n) is 6.15. The SMILES string of the molecule is Cc1cccc(NC(=O)c2ccc(C(=O)O)cc2[N+](=O)[O-])n1. The van der Waals surface area contributed by atoms with Crippen molar-refractivity contribution in [3.8, 4) is 0 Å². The van der Waals surface area contributed by atoms with Crippen LogP contribution in [0, 0.1) is 17.0 Å². The first kappa shape index (κ1) is 15.1. The lowest BCUT2D eigenvalue weighted by atomic mass is 10.1. The Morgan fingerprint density at radius 3 is 2.59 bits per heavy atom. The van der Waals surface area contributed by atoms with Crippen molar-refractivity contribution in [3.63, 3.8) is 0 Å². The normalized spacial score (nSPS) is 10.0. The number of carboxylic acid groups (broad SMARTS) is 1. The number of aromatic nitrogens is 1. The van der Waals surface area contributed by atoms with Gasteiger partial charge in [-0.25, -0.2) is 9.78 Å². The molecule has 0 bridgehead atoms. The number of hydrogen-bond acceptors (Lipinski definition) is 5. The van der Waals surface area contributed by atoms with Crippen LogP contribution in [0.15, 0.2) is 36.4 Å². The third-order valence-corrected chi connectivity index (χ3v) is 2.82. The summed E-state index contributed by atoms with van der Waals surface area (Å²) in [6.45, 7) is 1.74. The number of nitro groups is 1. The molecule has 0 aliphatic carbocycles. The van der Waals surface area contributed by atoms with E-state index in [1.807, 2.05) is 0 Å². The molecule has 0 unspecified atom stereocenters. The molecule has 0 aliphatic heterocycles. The Labute approximate surface area is 124 Å². The number of anilines is 1. The van der Waals surface area contributed by atoms with Gasteiger partial charge in [-0.1, -0.05) is 6.07 Å². The Balaban J connectivity index is 2.36. The molecule has 0 aliphatic rings. The summed E-state index contributed by atoms with van der Waals surface area (Å²) in [7, 11) is 0. The van der Waals surface area contributed by atoms with E-state index in [1.165, 1.54) is 0 Å². The molecule has 2 rings (SSSR count). The van der Waals surface area contributed by atoms with Crippen molar-refractivity contribution >= 4 is 23.4 Å². The van der Waals surface area contributed by atoms with E-state index in [-0.39, 0.29) is 16.9 Å². The molecule has 112 valence electrons. The van der Waals surface area contributed by atoms with Crippen molar-refractivity contribution in [1.82, 2.24) is 4.98 Å². The van der Waals surface area contributed by atoms with Crippen LogP contribution in [0.25, 0.3) is 0 Å². The molecule has 0 saturated carbocycles. The average molecular weight is 301 g/mol. The van der Waals surface area contributed by atoms with E-state index in [9.17, 15) is 19.7 Å². The second-order valence-corrected chi connectivity index (χ2v) is 4.41. The predicted octanol–water partition coefficient (Wildman–Crippen LogP) is 2.25. The minimum Gasteiger partial charge on any atom is -0.478 e. The molecule has 2 aromatic rings. The number of carbonyl (C=O) groups is 2. The molecular weight excluding hydrogens is 290 g/mol. The Kier molecular flexibility index (Phi) is 4.12. The Bertz CT molecular complexity index is 773. The summed E-state index contributed by atoms with van der Waals surface area (Å²) in [6.07, 6.45) is 0. The molecule has 0 radical (unpaired) electrons. The van der Waals surface area contributed by atoms with Gasteiger partial charge in [-0.05, 0) is 31.2 Å². The van der Waals surface area contributed by atoms with E-state index >= 15 is 0 Å². The van der Waals surface area contributed by atoms with Gasteiger partial charge in [-0.3, -0.25) is 14.9 Å². The van der Waals surface area contributed by atoms with Crippen LogP contribution in [0.5, 0.6) is 0 Å². The molecule has 1 aromatic carbocycles. The second kappa shape index (κ2) is 6.00. The molecule has 0 saturated heterocycles. The van der Waals surface area contributed by atoms with Gasteiger partial charge in [0.25, 0.3) is 11.6 Å². The summed E-state index contributed by atoms with van der Waals surface area (Å²) in [6, 6.07) is 8.05. The highest BCUT2D eigenvalue weighted by Crippen LogP contribution is 2.21. The summed E-state index contributed by atoms with van der Waals surface area (Å²) < 4.78 is 0. The number of nitrogens with one attached hydrogen (secondary N) is 1. The number of nitrogens with zero attached hydrogens (tertiary/aromatic N) is 2. The van der Waals surface area contributed by atoms with Crippen molar-refractivity contribution in [1.29, 1.82) is 0 Å². The van der Waals surface area contributed by atoms with E-state index in [2.05, 4.69) is 10.3 Å². The third-order valence-electron chi connectivity index (χ3n) is 2.82. The van der Waals surface area contributed by atoms with Crippen LogP contribution in [-0.2, 0) is 0 Å². The summed E-state index contributed by atoms with van der Waals surface area (Å²) in [5, 5.41) is 22.3. The number of amides is 1. The smallest absolute Gasteiger partial charge is 0.335 e. The fourth-order valence-corrected chi connectivity index (χ4v) is 1.80. The monoisotopic (exact) mass is 301 g/mol. The van der Waals surface area contributed by atoms with Crippen LogP contribution in [0.2, 0.25) is 0 Å². The highest BCUT2D eigenvalue weighted by molar-refractivity contribution is 6.07. The van der Waals surface area contributed by atoms with E-state index in [0.29, 0.717) is 5.69 Å². The summed E-state index contributed by atoms with van der Waals surface area (Å²) in [5.41, 5.74) is -0.409. The van der Waals surface area contributed by atoms with Crippen LogP contribution < -0.4 is 5.32 Å². The van der Waals surface area contributed by atoms with E-state index in [0.717, 1.165) is 18.2 Å². The lowest BCUT2D eigenvalue weighted by Crippen LogP contribution is -2.15. The van der Waals surface area contributed by atoms with E-state index in [4.69, 9.17) is 5.11 Å². The lowest BCUT2D eigenvalue weighted by Gasteiger charge is -2.06. The van der Waals surface area contributed by atoms with E-state index in [1.54, 1.807) is 25.1 Å².